The van der Waals surface area contributed by atoms with Crippen LogP contribution in [-0.2, 0) is 11.3 Å². The first kappa shape index (κ1) is 18.0. The molecule has 0 aliphatic heterocycles. The Morgan fingerprint density at radius 3 is 2.31 bits per heavy atom. The molecule has 0 spiro atoms. The molecule has 3 rings (SSSR count). The van der Waals surface area contributed by atoms with Crippen molar-refractivity contribution in [2.75, 3.05) is 6.61 Å². The van der Waals surface area contributed by atoms with Crippen LogP contribution in [0.15, 0.2) is 60.7 Å². The standard InChI is InChI=1S/C21H20N2O2S/c1-3-25-21(24)18-15(2)23(14-16-10-6-4-7-11-16)19(22-20(18)26)17-12-8-5-9-13-17/h4-13H,3,14H2,1-2H3. The zero-order valence-corrected chi connectivity index (χ0v) is 15.6. The third kappa shape index (κ3) is 3.73. The maximum Gasteiger partial charge on any atom is 0.343 e. The number of esters is 1. The molecule has 0 fully saturated rings. The van der Waals surface area contributed by atoms with Gasteiger partial charge < -0.3 is 9.30 Å². The van der Waals surface area contributed by atoms with E-state index in [1.807, 2.05) is 72.2 Å². The lowest BCUT2D eigenvalue weighted by Crippen LogP contribution is -2.18. The molecule has 0 saturated heterocycles. The third-order valence-corrected chi connectivity index (χ3v) is 4.43. The normalized spacial score (nSPS) is 10.5. The molecular formula is C21H20N2O2S. The Hall–Kier alpha value is -2.79. The minimum atomic E-state index is -0.427. The minimum absolute atomic E-state index is 0.268. The Morgan fingerprint density at radius 1 is 1.08 bits per heavy atom. The number of hydrogen-bond donors (Lipinski definition) is 0. The number of carbonyl (C=O) groups excluding carboxylic acids is 1. The smallest absolute Gasteiger partial charge is 0.343 e. The highest BCUT2D eigenvalue weighted by molar-refractivity contribution is 7.71. The lowest BCUT2D eigenvalue weighted by atomic mass is 10.1. The molecule has 0 amide bonds. The van der Waals surface area contributed by atoms with Gasteiger partial charge in [0, 0.05) is 17.8 Å². The van der Waals surface area contributed by atoms with E-state index >= 15 is 0 Å². The Balaban J connectivity index is 2.21. The number of aromatic nitrogens is 2. The minimum Gasteiger partial charge on any atom is -0.462 e. The molecule has 0 aliphatic rings. The summed E-state index contributed by atoms with van der Waals surface area (Å²) in [5.41, 5.74) is 3.18. The Kier molecular flexibility index (Phi) is 5.58. The van der Waals surface area contributed by atoms with Crippen molar-refractivity contribution in [1.29, 1.82) is 0 Å². The van der Waals surface area contributed by atoms with Crippen LogP contribution in [0.1, 0.15) is 28.5 Å². The number of benzene rings is 2. The third-order valence-electron chi connectivity index (χ3n) is 4.14. The number of ether oxygens (including phenoxy) is 1. The van der Waals surface area contributed by atoms with Crippen LogP contribution in [0.3, 0.4) is 0 Å². The molecule has 0 N–H and O–H groups in total. The van der Waals surface area contributed by atoms with E-state index < -0.39 is 5.97 Å². The van der Waals surface area contributed by atoms with E-state index in [9.17, 15) is 4.79 Å². The molecule has 0 saturated carbocycles. The predicted molar refractivity (Wildman–Crippen MR) is 105 cm³/mol. The van der Waals surface area contributed by atoms with Gasteiger partial charge in [-0.25, -0.2) is 9.78 Å². The maximum absolute atomic E-state index is 12.4. The van der Waals surface area contributed by atoms with Gasteiger partial charge in [-0.15, -0.1) is 0 Å². The largest absolute Gasteiger partial charge is 0.462 e. The van der Waals surface area contributed by atoms with Gasteiger partial charge in [-0.2, -0.15) is 0 Å². The lowest BCUT2D eigenvalue weighted by Gasteiger charge is -2.19. The van der Waals surface area contributed by atoms with Crippen molar-refractivity contribution in [3.8, 4) is 11.4 Å². The molecule has 3 aromatic rings. The van der Waals surface area contributed by atoms with Crippen molar-refractivity contribution in [2.45, 2.75) is 20.4 Å². The number of nitrogens with zero attached hydrogens (tertiary/aromatic N) is 2. The van der Waals surface area contributed by atoms with Crippen LogP contribution >= 0.6 is 12.2 Å². The summed E-state index contributed by atoms with van der Waals surface area (Å²) in [5, 5.41) is 0. The highest BCUT2D eigenvalue weighted by atomic mass is 32.1. The molecule has 0 unspecified atom stereocenters. The highest BCUT2D eigenvalue weighted by Crippen LogP contribution is 2.23. The summed E-state index contributed by atoms with van der Waals surface area (Å²) in [7, 11) is 0. The zero-order chi connectivity index (χ0) is 18.5. The average molecular weight is 364 g/mol. The summed E-state index contributed by atoms with van der Waals surface area (Å²) in [5.74, 6) is 0.314. The Bertz CT molecular complexity index is 967. The van der Waals surface area contributed by atoms with Crippen molar-refractivity contribution in [3.05, 3.63) is 82.1 Å². The SMILES string of the molecule is CCOC(=O)c1c(C)n(Cc2ccccc2)c(-c2ccccc2)nc1=S. The fourth-order valence-corrected chi connectivity index (χ4v) is 3.18. The van der Waals surface area contributed by atoms with Gasteiger partial charge in [0.1, 0.15) is 16.0 Å². The summed E-state index contributed by atoms with van der Waals surface area (Å²) in [6.07, 6.45) is 0. The van der Waals surface area contributed by atoms with Crippen molar-refractivity contribution in [3.63, 3.8) is 0 Å². The molecule has 2 aromatic carbocycles. The molecule has 0 aliphatic carbocycles. The monoisotopic (exact) mass is 364 g/mol. The summed E-state index contributed by atoms with van der Waals surface area (Å²) in [6, 6.07) is 19.9. The van der Waals surface area contributed by atoms with Gasteiger partial charge in [-0.1, -0.05) is 72.9 Å². The van der Waals surface area contributed by atoms with Gasteiger partial charge in [0.15, 0.2) is 0 Å². The topological polar surface area (TPSA) is 44.1 Å². The fourth-order valence-electron chi connectivity index (χ4n) is 2.87. The van der Waals surface area contributed by atoms with Crippen LogP contribution in [-0.4, -0.2) is 22.1 Å². The molecule has 0 bridgehead atoms. The molecule has 132 valence electrons. The van der Waals surface area contributed by atoms with Crippen molar-refractivity contribution < 1.29 is 9.53 Å². The molecule has 0 atom stereocenters. The van der Waals surface area contributed by atoms with Gasteiger partial charge in [-0.3, -0.25) is 0 Å². The summed E-state index contributed by atoms with van der Waals surface area (Å²) in [4.78, 5) is 17.0. The lowest BCUT2D eigenvalue weighted by molar-refractivity contribution is 0.0523. The van der Waals surface area contributed by atoms with Gasteiger partial charge in [0.05, 0.1) is 6.61 Å². The van der Waals surface area contributed by atoms with E-state index in [0.717, 1.165) is 22.6 Å². The van der Waals surface area contributed by atoms with E-state index in [4.69, 9.17) is 17.0 Å². The van der Waals surface area contributed by atoms with Gasteiger partial charge >= 0.3 is 5.97 Å². The quantitative estimate of drug-likeness (QED) is 0.481. The first-order valence-corrected chi connectivity index (χ1v) is 8.90. The van der Waals surface area contributed by atoms with Crippen LogP contribution in [0.5, 0.6) is 0 Å². The van der Waals surface area contributed by atoms with Crippen molar-refractivity contribution >= 4 is 18.2 Å². The zero-order valence-electron chi connectivity index (χ0n) is 14.8. The van der Waals surface area contributed by atoms with E-state index in [1.54, 1.807) is 6.92 Å². The van der Waals surface area contributed by atoms with Crippen LogP contribution in [0.2, 0.25) is 0 Å². The van der Waals surface area contributed by atoms with E-state index in [2.05, 4.69) is 4.98 Å². The summed E-state index contributed by atoms with van der Waals surface area (Å²) in [6.45, 7) is 4.55. The first-order chi connectivity index (χ1) is 12.6. The second-order valence-corrected chi connectivity index (χ2v) is 6.25. The van der Waals surface area contributed by atoms with Gasteiger partial charge in [-0.05, 0) is 19.4 Å². The number of rotatable bonds is 5. The van der Waals surface area contributed by atoms with Crippen LogP contribution in [0.25, 0.3) is 11.4 Å². The molecular weight excluding hydrogens is 344 g/mol. The fraction of sp³-hybridized carbons (Fsp3) is 0.190. The maximum atomic E-state index is 12.4. The van der Waals surface area contributed by atoms with E-state index in [0.29, 0.717) is 18.7 Å². The Morgan fingerprint density at radius 2 is 1.69 bits per heavy atom. The highest BCUT2D eigenvalue weighted by Gasteiger charge is 2.19. The molecule has 1 aromatic heterocycles. The van der Waals surface area contributed by atoms with E-state index in [1.165, 1.54) is 0 Å². The van der Waals surface area contributed by atoms with E-state index in [-0.39, 0.29) is 4.64 Å². The molecule has 1 heterocycles. The average Bonchev–Trinajstić information content (AvgIpc) is 2.65. The second-order valence-electron chi connectivity index (χ2n) is 5.86. The number of hydrogen-bond acceptors (Lipinski definition) is 4. The molecule has 4 nitrogen and oxygen atoms in total. The Labute approximate surface area is 158 Å². The van der Waals surface area contributed by atoms with Crippen LogP contribution in [0.4, 0.5) is 0 Å². The van der Waals surface area contributed by atoms with Gasteiger partial charge in [0.2, 0.25) is 0 Å². The molecule has 26 heavy (non-hydrogen) atoms. The molecule has 0 radical (unpaired) electrons. The predicted octanol–water partition coefficient (Wildman–Crippen LogP) is 4.81. The summed E-state index contributed by atoms with van der Waals surface area (Å²) >= 11 is 5.42. The summed E-state index contributed by atoms with van der Waals surface area (Å²) < 4.78 is 7.47. The van der Waals surface area contributed by atoms with Crippen molar-refractivity contribution in [1.82, 2.24) is 9.55 Å². The molecule has 5 heteroatoms. The van der Waals surface area contributed by atoms with Crippen LogP contribution < -0.4 is 0 Å². The van der Waals surface area contributed by atoms with Crippen molar-refractivity contribution in [2.24, 2.45) is 0 Å². The van der Waals surface area contributed by atoms with Gasteiger partial charge in [0.25, 0.3) is 0 Å². The number of carbonyl (C=O) groups is 1. The van der Waals surface area contributed by atoms with Crippen LogP contribution in [0, 0.1) is 11.6 Å². The second kappa shape index (κ2) is 8.06. The first-order valence-electron chi connectivity index (χ1n) is 8.49.